The van der Waals surface area contributed by atoms with Crippen molar-refractivity contribution in [3.63, 3.8) is 0 Å². The summed E-state index contributed by atoms with van der Waals surface area (Å²) in [6.45, 7) is 0.627. The van der Waals surface area contributed by atoms with Crippen molar-refractivity contribution in [2.24, 2.45) is 0 Å². The molecule has 1 aliphatic heterocycles. The summed E-state index contributed by atoms with van der Waals surface area (Å²) in [7, 11) is -3.49. The zero-order valence-electron chi connectivity index (χ0n) is 15.8. The van der Waals surface area contributed by atoms with Gasteiger partial charge in [0.2, 0.25) is 10.0 Å². The van der Waals surface area contributed by atoms with Gasteiger partial charge in [-0.25, -0.2) is 13.2 Å². The van der Waals surface area contributed by atoms with Crippen LogP contribution in [-0.4, -0.2) is 44.3 Å². The SMILES string of the molecule is O=C(COC(=O)/C=C/c1ccccc1)Nc1ccc(S(=O)(=O)N2CCCC2)cc1. The molecule has 1 aliphatic rings. The lowest BCUT2D eigenvalue weighted by Gasteiger charge is -2.15. The fourth-order valence-corrected chi connectivity index (χ4v) is 4.42. The van der Waals surface area contributed by atoms with E-state index in [1.165, 1.54) is 34.6 Å². The maximum absolute atomic E-state index is 12.5. The smallest absolute Gasteiger partial charge is 0.331 e. The molecule has 7 nitrogen and oxygen atoms in total. The van der Waals surface area contributed by atoms with E-state index in [4.69, 9.17) is 4.74 Å². The molecular weight excluding hydrogens is 392 g/mol. The minimum atomic E-state index is -3.49. The Morgan fingerprint density at radius 2 is 1.66 bits per heavy atom. The highest BCUT2D eigenvalue weighted by atomic mass is 32.2. The highest BCUT2D eigenvalue weighted by Crippen LogP contribution is 2.22. The van der Waals surface area contributed by atoms with E-state index >= 15 is 0 Å². The highest BCUT2D eigenvalue weighted by molar-refractivity contribution is 7.89. The number of carbonyl (C=O) groups excluding carboxylic acids is 2. The van der Waals surface area contributed by atoms with Gasteiger partial charge in [-0.05, 0) is 48.7 Å². The summed E-state index contributed by atoms with van der Waals surface area (Å²) in [6, 6.07) is 15.2. The number of esters is 1. The Bertz CT molecular complexity index is 979. The van der Waals surface area contributed by atoms with Crippen molar-refractivity contribution in [1.82, 2.24) is 4.31 Å². The van der Waals surface area contributed by atoms with Gasteiger partial charge in [0.25, 0.3) is 5.91 Å². The van der Waals surface area contributed by atoms with Crippen molar-refractivity contribution >= 4 is 33.7 Å². The van der Waals surface area contributed by atoms with Crippen LogP contribution in [0.1, 0.15) is 18.4 Å². The van der Waals surface area contributed by atoms with Gasteiger partial charge in [0.05, 0.1) is 4.90 Å². The van der Waals surface area contributed by atoms with Crippen LogP contribution in [0.3, 0.4) is 0 Å². The first-order chi connectivity index (χ1) is 13.9. The van der Waals surface area contributed by atoms with Gasteiger partial charge < -0.3 is 10.1 Å². The molecule has 2 aromatic carbocycles. The third kappa shape index (κ3) is 5.75. The molecule has 29 heavy (non-hydrogen) atoms. The number of carbonyl (C=O) groups is 2. The fourth-order valence-electron chi connectivity index (χ4n) is 2.90. The van der Waals surface area contributed by atoms with Gasteiger partial charge in [0, 0.05) is 24.9 Å². The standard InChI is InChI=1S/C21H22N2O5S/c24-20(16-28-21(25)13-8-17-6-2-1-3-7-17)22-18-9-11-19(12-10-18)29(26,27)23-14-4-5-15-23/h1-3,6-13H,4-5,14-16H2,(H,22,24)/b13-8+. The quantitative estimate of drug-likeness (QED) is 0.555. The predicted octanol–water partition coefficient (Wildman–Crippen LogP) is 2.67. The number of benzene rings is 2. The molecule has 1 heterocycles. The van der Waals surface area contributed by atoms with E-state index in [1.54, 1.807) is 6.08 Å². The second-order valence-corrected chi connectivity index (χ2v) is 8.47. The summed E-state index contributed by atoms with van der Waals surface area (Å²) < 4.78 is 31.3. The van der Waals surface area contributed by atoms with E-state index < -0.39 is 28.5 Å². The van der Waals surface area contributed by atoms with E-state index in [-0.39, 0.29) is 4.90 Å². The normalized spacial score (nSPS) is 14.8. The Kier molecular flexibility index (Phi) is 6.79. The predicted molar refractivity (Wildman–Crippen MR) is 109 cm³/mol. The lowest BCUT2D eigenvalue weighted by molar-refractivity contribution is -0.142. The summed E-state index contributed by atoms with van der Waals surface area (Å²) in [5, 5.41) is 2.57. The molecule has 1 saturated heterocycles. The van der Waals surface area contributed by atoms with Crippen molar-refractivity contribution < 1.29 is 22.7 Å². The number of hydrogen-bond acceptors (Lipinski definition) is 5. The molecule has 0 aliphatic carbocycles. The number of sulfonamides is 1. The molecule has 0 atom stereocenters. The molecular formula is C21H22N2O5S. The number of nitrogens with zero attached hydrogens (tertiary/aromatic N) is 1. The van der Waals surface area contributed by atoms with E-state index in [9.17, 15) is 18.0 Å². The van der Waals surface area contributed by atoms with E-state index in [0.717, 1.165) is 18.4 Å². The fraction of sp³-hybridized carbons (Fsp3) is 0.238. The molecule has 152 valence electrons. The first-order valence-electron chi connectivity index (χ1n) is 9.25. The average Bonchev–Trinajstić information content (AvgIpc) is 3.28. The summed E-state index contributed by atoms with van der Waals surface area (Å²) in [6.07, 6.45) is 4.58. The minimum absolute atomic E-state index is 0.190. The van der Waals surface area contributed by atoms with Crippen LogP contribution in [-0.2, 0) is 24.3 Å². The third-order valence-corrected chi connectivity index (χ3v) is 6.31. The average molecular weight is 414 g/mol. The van der Waals surface area contributed by atoms with Crippen LogP contribution in [0.15, 0.2) is 65.6 Å². The van der Waals surface area contributed by atoms with E-state index in [0.29, 0.717) is 18.8 Å². The largest absolute Gasteiger partial charge is 0.452 e. The van der Waals surface area contributed by atoms with Crippen LogP contribution in [0, 0.1) is 0 Å². The van der Waals surface area contributed by atoms with Gasteiger partial charge in [-0.15, -0.1) is 0 Å². The molecule has 1 fully saturated rings. The van der Waals surface area contributed by atoms with Crippen molar-refractivity contribution in [2.45, 2.75) is 17.7 Å². The Morgan fingerprint density at radius 1 is 1.00 bits per heavy atom. The lowest BCUT2D eigenvalue weighted by atomic mass is 10.2. The highest BCUT2D eigenvalue weighted by Gasteiger charge is 2.26. The molecule has 0 aromatic heterocycles. The Balaban J connectivity index is 1.49. The van der Waals surface area contributed by atoms with Crippen LogP contribution in [0.4, 0.5) is 5.69 Å². The molecule has 1 N–H and O–H groups in total. The van der Waals surface area contributed by atoms with Gasteiger partial charge in [-0.2, -0.15) is 4.31 Å². The molecule has 0 saturated carbocycles. The maximum Gasteiger partial charge on any atom is 0.331 e. The molecule has 0 spiro atoms. The second-order valence-electron chi connectivity index (χ2n) is 6.54. The van der Waals surface area contributed by atoms with Crippen LogP contribution in [0.2, 0.25) is 0 Å². The summed E-state index contributed by atoms with van der Waals surface area (Å²) in [5.74, 6) is -1.14. The van der Waals surface area contributed by atoms with Gasteiger partial charge >= 0.3 is 5.97 Å². The number of rotatable bonds is 7. The molecule has 3 rings (SSSR count). The molecule has 0 radical (unpaired) electrons. The maximum atomic E-state index is 12.5. The zero-order valence-corrected chi connectivity index (χ0v) is 16.6. The molecule has 0 unspecified atom stereocenters. The third-order valence-electron chi connectivity index (χ3n) is 4.40. The minimum Gasteiger partial charge on any atom is -0.452 e. The van der Waals surface area contributed by atoms with Crippen molar-refractivity contribution in [1.29, 1.82) is 0 Å². The first kappa shape index (κ1) is 20.8. The van der Waals surface area contributed by atoms with E-state index in [1.807, 2.05) is 30.3 Å². The molecule has 8 heteroatoms. The van der Waals surface area contributed by atoms with Crippen LogP contribution in [0.25, 0.3) is 6.08 Å². The van der Waals surface area contributed by atoms with Crippen molar-refractivity contribution in [3.05, 3.63) is 66.2 Å². The Labute approximate surface area is 170 Å². The molecule has 2 aromatic rings. The number of anilines is 1. The summed E-state index contributed by atoms with van der Waals surface area (Å²) >= 11 is 0. The number of amides is 1. The van der Waals surface area contributed by atoms with Crippen LogP contribution < -0.4 is 5.32 Å². The Morgan fingerprint density at radius 3 is 2.31 bits per heavy atom. The lowest BCUT2D eigenvalue weighted by Crippen LogP contribution is -2.27. The van der Waals surface area contributed by atoms with Crippen LogP contribution >= 0.6 is 0 Å². The zero-order chi connectivity index (χ0) is 20.7. The topological polar surface area (TPSA) is 92.8 Å². The van der Waals surface area contributed by atoms with Gasteiger partial charge in [0.1, 0.15) is 0 Å². The van der Waals surface area contributed by atoms with Gasteiger partial charge in [0.15, 0.2) is 6.61 Å². The van der Waals surface area contributed by atoms with Crippen molar-refractivity contribution in [3.8, 4) is 0 Å². The molecule has 0 bridgehead atoms. The van der Waals surface area contributed by atoms with Gasteiger partial charge in [-0.3, -0.25) is 4.79 Å². The van der Waals surface area contributed by atoms with Crippen molar-refractivity contribution in [2.75, 3.05) is 25.0 Å². The number of hydrogen-bond donors (Lipinski definition) is 1. The number of nitrogens with one attached hydrogen (secondary N) is 1. The monoisotopic (exact) mass is 414 g/mol. The summed E-state index contributed by atoms with van der Waals surface area (Å²) in [4.78, 5) is 23.8. The Hall–Kier alpha value is -2.97. The van der Waals surface area contributed by atoms with Crippen LogP contribution in [0.5, 0.6) is 0 Å². The van der Waals surface area contributed by atoms with Gasteiger partial charge in [-0.1, -0.05) is 30.3 Å². The summed E-state index contributed by atoms with van der Waals surface area (Å²) in [5.41, 5.74) is 1.27. The molecule has 1 amide bonds. The number of ether oxygens (including phenoxy) is 1. The van der Waals surface area contributed by atoms with E-state index in [2.05, 4.69) is 5.32 Å². The second kappa shape index (κ2) is 9.49. The first-order valence-corrected chi connectivity index (χ1v) is 10.7.